The third-order valence-electron chi connectivity index (χ3n) is 6.09. The van der Waals surface area contributed by atoms with E-state index in [0.717, 1.165) is 23.0 Å². The van der Waals surface area contributed by atoms with Crippen molar-refractivity contribution in [3.8, 4) is 5.69 Å². The van der Waals surface area contributed by atoms with Gasteiger partial charge in [-0.2, -0.15) is 28.2 Å². The Hall–Kier alpha value is -3.05. The molecule has 1 saturated carbocycles. The highest BCUT2D eigenvalue weighted by Crippen LogP contribution is 2.42. The predicted octanol–water partition coefficient (Wildman–Crippen LogP) is 5.19. The lowest BCUT2D eigenvalue weighted by atomic mass is 9.76. The summed E-state index contributed by atoms with van der Waals surface area (Å²) in [4.78, 5) is 14.4. The molecule has 0 spiro atoms. The highest BCUT2D eigenvalue weighted by Gasteiger charge is 2.43. The number of carbonyl (C=O) groups is 1. The van der Waals surface area contributed by atoms with Crippen molar-refractivity contribution in [3.63, 3.8) is 0 Å². The van der Waals surface area contributed by atoms with Crippen LogP contribution in [0.3, 0.4) is 0 Å². The first-order valence-corrected chi connectivity index (χ1v) is 11.1. The Morgan fingerprint density at radius 3 is 2.46 bits per heavy atom. The van der Waals surface area contributed by atoms with E-state index in [1.165, 1.54) is 24.5 Å². The minimum Gasteiger partial charge on any atom is -0.387 e. The van der Waals surface area contributed by atoms with Crippen LogP contribution in [0, 0.1) is 5.82 Å². The van der Waals surface area contributed by atoms with E-state index in [1.54, 1.807) is 0 Å². The standard InChI is InChI=1S/C23H20ClF5N4O2/c24-19-15(2-1-3-17(19)26)20(22(35)8-6-14(25)7-9-22)32-21(34)16-12-13(23(27,28)29)4-5-18(16)33-30-10-11-31-33/h1-5,10-12,14,20,35H,6-9H2,(H,32,34). The maximum Gasteiger partial charge on any atom is 0.416 e. The van der Waals surface area contributed by atoms with Crippen LogP contribution in [-0.2, 0) is 6.18 Å². The van der Waals surface area contributed by atoms with Gasteiger partial charge in [0.2, 0.25) is 0 Å². The highest BCUT2D eigenvalue weighted by molar-refractivity contribution is 6.31. The molecule has 0 aliphatic heterocycles. The van der Waals surface area contributed by atoms with Crippen LogP contribution < -0.4 is 5.32 Å². The topological polar surface area (TPSA) is 80.0 Å². The zero-order valence-corrected chi connectivity index (χ0v) is 18.8. The van der Waals surface area contributed by atoms with Crippen molar-refractivity contribution in [3.05, 3.63) is 76.3 Å². The van der Waals surface area contributed by atoms with Gasteiger partial charge in [-0.15, -0.1) is 0 Å². The van der Waals surface area contributed by atoms with Crippen LogP contribution in [0.4, 0.5) is 22.0 Å². The Kier molecular flexibility index (Phi) is 6.83. The average Bonchev–Trinajstić information content (AvgIpc) is 3.35. The van der Waals surface area contributed by atoms with Gasteiger partial charge in [0.05, 0.1) is 45.9 Å². The molecule has 1 amide bonds. The SMILES string of the molecule is O=C(NC(c1cccc(F)c1Cl)C1(O)CCC(F)CC1)c1cc(C(F)(F)F)ccc1-n1nccn1. The fraction of sp³-hybridized carbons (Fsp3) is 0.348. The molecule has 1 unspecified atom stereocenters. The molecule has 6 nitrogen and oxygen atoms in total. The summed E-state index contributed by atoms with van der Waals surface area (Å²) < 4.78 is 68.3. The summed E-state index contributed by atoms with van der Waals surface area (Å²) in [7, 11) is 0. The van der Waals surface area contributed by atoms with Crippen molar-refractivity contribution in [2.75, 3.05) is 0 Å². The number of rotatable bonds is 5. The largest absolute Gasteiger partial charge is 0.416 e. The van der Waals surface area contributed by atoms with Gasteiger partial charge in [0.15, 0.2) is 0 Å². The summed E-state index contributed by atoms with van der Waals surface area (Å²) in [6.45, 7) is 0. The number of benzene rings is 2. The lowest BCUT2D eigenvalue weighted by Gasteiger charge is -2.41. The zero-order chi connectivity index (χ0) is 25.4. The molecule has 2 N–H and O–H groups in total. The maximum atomic E-state index is 14.3. The lowest BCUT2D eigenvalue weighted by molar-refractivity contribution is -0.137. The van der Waals surface area contributed by atoms with Crippen molar-refractivity contribution >= 4 is 17.5 Å². The second-order valence-electron chi connectivity index (χ2n) is 8.38. The van der Waals surface area contributed by atoms with Gasteiger partial charge < -0.3 is 10.4 Å². The van der Waals surface area contributed by atoms with Crippen LogP contribution in [0.5, 0.6) is 0 Å². The number of alkyl halides is 4. The normalized spacial score (nSPS) is 21.5. The van der Waals surface area contributed by atoms with Gasteiger partial charge in [0, 0.05) is 0 Å². The third-order valence-corrected chi connectivity index (χ3v) is 6.49. The highest BCUT2D eigenvalue weighted by atomic mass is 35.5. The molecule has 35 heavy (non-hydrogen) atoms. The van der Waals surface area contributed by atoms with Gasteiger partial charge in [0.25, 0.3) is 5.91 Å². The van der Waals surface area contributed by atoms with E-state index in [-0.39, 0.29) is 42.0 Å². The molecule has 1 atom stereocenters. The third kappa shape index (κ3) is 5.15. The van der Waals surface area contributed by atoms with Crippen LogP contribution in [-0.4, -0.2) is 37.8 Å². The smallest absolute Gasteiger partial charge is 0.387 e. The number of aromatic nitrogens is 3. The molecule has 1 heterocycles. The summed E-state index contributed by atoms with van der Waals surface area (Å²) in [5.74, 6) is -1.82. The second kappa shape index (κ2) is 9.54. The summed E-state index contributed by atoms with van der Waals surface area (Å²) in [5.41, 5.74) is -3.27. The first kappa shape index (κ1) is 25.1. The van der Waals surface area contributed by atoms with Crippen LogP contribution in [0.1, 0.15) is 53.2 Å². The molecule has 1 aliphatic rings. The monoisotopic (exact) mass is 514 g/mol. The van der Waals surface area contributed by atoms with Crippen molar-refractivity contribution in [1.29, 1.82) is 0 Å². The molecule has 12 heteroatoms. The lowest BCUT2D eigenvalue weighted by Crippen LogP contribution is -2.49. The number of aliphatic hydroxyl groups is 1. The Morgan fingerprint density at radius 1 is 1.17 bits per heavy atom. The van der Waals surface area contributed by atoms with E-state index in [2.05, 4.69) is 15.5 Å². The fourth-order valence-electron chi connectivity index (χ4n) is 4.23. The molecule has 0 bridgehead atoms. The van der Waals surface area contributed by atoms with Gasteiger partial charge in [-0.25, -0.2) is 8.78 Å². The van der Waals surface area contributed by atoms with Gasteiger partial charge in [-0.05, 0) is 55.5 Å². The van der Waals surface area contributed by atoms with Crippen molar-refractivity contribution in [2.24, 2.45) is 0 Å². The number of nitrogens with zero attached hydrogens (tertiary/aromatic N) is 3. The fourth-order valence-corrected chi connectivity index (χ4v) is 4.47. The molecule has 186 valence electrons. The number of carbonyl (C=O) groups excluding carboxylic acids is 1. The molecular weight excluding hydrogens is 495 g/mol. The van der Waals surface area contributed by atoms with E-state index in [4.69, 9.17) is 11.6 Å². The molecule has 4 rings (SSSR count). The van der Waals surface area contributed by atoms with Crippen molar-refractivity contribution in [1.82, 2.24) is 20.3 Å². The molecule has 1 fully saturated rings. The van der Waals surface area contributed by atoms with E-state index in [9.17, 15) is 31.9 Å². The minimum absolute atomic E-state index is 0.0121. The van der Waals surface area contributed by atoms with Gasteiger partial charge in [-0.1, -0.05) is 23.7 Å². The van der Waals surface area contributed by atoms with E-state index < -0.39 is 46.8 Å². The summed E-state index contributed by atoms with van der Waals surface area (Å²) in [5, 5.41) is 21.3. The summed E-state index contributed by atoms with van der Waals surface area (Å²) in [6.07, 6.45) is -3.52. The number of nitrogens with one attached hydrogen (secondary N) is 1. The van der Waals surface area contributed by atoms with Gasteiger partial charge in [0.1, 0.15) is 12.0 Å². The Labute approximate surface area is 201 Å². The Bertz CT molecular complexity index is 1210. The van der Waals surface area contributed by atoms with Crippen LogP contribution in [0.15, 0.2) is 48.8 Å². The molecule has 2 aromatic carbocycles. The number of amides is 1. The zero-order valence-electron chi connectivity index (χ0n) is 18.1. The maximum absolute atomic E-state index is 14.3. The number of hydrogen-bond donors (Lipinski definition) is 2. The van der Waals surface area contributed by atoms with Crippen molar-refractivity contribution in [2.45, 2.75) is 49.7 Å². The molecule has 0 saturated heterocycles. The van der Waals surface area contributed by atoms with Crippen LogP contribution in [0.25, 0.3) is 5.69 Å². The summed E-state index contributed by atoms with van der Waals surface area (Å²) in [6, 6.07) is 4.93. The number of halogens is 6. The van der Waals surface area contributed by atoms with Gasteiger partial charge in [-0.3, -0.25) is 4.79 Å². The first-order chi connectivity index (χ1) is 16.5. The van der Waals surface area contributed by atoms with E-state index in [1.807, 2.05) is 0 Å². The van der Waals surface area contributed by atoms with Gasteiger partial charge >= 0.3 is 6.18 Å². The predicted molar refractivity (Wildman–Crippen MR) is 116 cm³/mol. The molecular formula is C23H20ClF5N4O2. The van der Waals surface area contributed by atoms with Crippen molar-refractivity contribution < 1.29 is 31.9 Å². The van der Waals surface area contributed by atoms with Crippen LogP contribution in [0.2, 0.25) is 5.02 Å². The van der Waals surface area contributed by atoms with Crippen LogP contribution >= 0.6 is 11.6 Å². The number of hydrogen-bond acceptors (Lipinski definition) is 4. The quantitative estimate of drug-likeness (QED) is 0.459. The summed E-state index contributed by atoms with van der Waals surface area (Å²) >= 11 is 6.14. The van der Waals surface area contributed by atoms with E-state index in [0.29, 0.717) is 6.07 Å². The first-order valence-electron chi connectivity index (χ1n) is 10.7. The molecule has 1 aliphatic carbocycles. The van der Waals surface area contributed by atoms with E-state index >= 15 is 0 Å². The molecule has 0 radical (unpaired) electrons. The Balaban J connectivity index is 1.79. The molecule has 3 aromatic rings. The average molecular weight is 515 g/mol. The minimum atomic E-state index is -4.74. The second-order valence-corrected chi connectivity index (χ2v) is 8.75. The molecule has 1 aromatic heterocycles. The Morgan fingerprint density at radius 2 is 1.83 bits per heavy atom.